The Hall–Kier alpha value is -1.55. The molecule has 2 nitrogen and oxygen atoms in total. The summed E-state index contributed by atoms with van der Waals surface area (Å²) in [5, 5.41) is 0.392. The summed E-state index contributed by atoms with van der Waals surface area (Å²) >= 11 is 3.27. The van der Waals surface area contributed by atoms with E-state index in [1.807, 2.05) is 25.1 Å². The Bertz CT molecular complexity index is 584. The van der Waals surface area contributed by atoms with Crippen molar-refractivity contribution >= 4 is 15.9 Å². The summed E-state index contributed by atoms with van der Waals surface area (Å²) in [6.07, 6.45) is 0. The van der Waals surface area contributed by atoms with E-state index in [2.05, 4.69) is 15.9 Å². The van der Waals surface area contributed by atoms with Gasteiger partial charge >= 0.3 is 0 Å². The van der Waals surface area contributed by atoms with Crippen LogP contribution >= 0.6 is 15.9 Å². The molecule has 0 unspecified atom stereocenters. The Balaban J connectivity index is 2.39. The molecule has 19 heavy (non-hydrogen) atoms. The normalized spacial score (nSPS) is 10.3. The number of benzene rings is 2. The van der Waals surface area contributed by atoms with Crippen molar-refractivity contribution in [2.45, 2.75) is 12.3 Å². The SMILES string of the molecule is COc1cc(C)ccc1Oc1cccc(F)c1CBr. The number of ether oxygens (including phenoxy) is 2. The van der Waals surface area contributed by atoms with Gasteiger partial charge in [0, 0.05) is 10.9 Å². The molecule has 2 aromatic rings. The number of halogens is 2. The maximum Gasteiger partial charge on any atom is 0.169 e. The predicted molar refractivity (Wildman–Crippen MR) is 76.8 cm³/mol. The van der Waals surface area contributed by atoms with E-state index in [0.717, 1.165) is 5.56 Å². The van der Waals surface area contributed by atoms with Gasteiger partial charge < -0.3 is 9.47 Å². The van der Waals surface area contributed by atoms with Crippen LogP contribution in [0, 0.1) is 12.7 Å². The van der Waals surface area contributed by atoms with Crippen LogP contribution in [-0.4, -0.2) is 7.11 Å². The molecule has 4 heteroatoms. The fourth-order valence-electron chi connectivity index (χ4n) is 1.74. The first-order valence-electron chi connectivity index (χ1n) is 5.81. The van der Waals surface area contributed by atoms with Gasteiger partial charge in [0.05, 0.1) is 7.11 Å². The van der Waals surface area contributed by atoms with Crippen molar-refractivity contribution in [3.05, 3.63) is 53.3 Å². The molecule has 2 rings (SSSR count). The van der Waals surface area contributed by atoms with Crippen LogP contribution in [0.3, 0.4) is 0 Å². The third kappa shape index (κ3) is 3.07. The Morgan fingerprint density at radius 2 is 1.89 bits per heavy atom. The van der Waals surface area contributed by atoms with Crippen molar-refractivity contribution in [2.75, 3.05) is 7.11 Å². The molecule has 0 heterocycles. The van der Waals surface area contributed by atoms with Gasteiger partial charge in [0.15, 0.2) is 11.5 Å². The molecule has 100 valence electrons. The highest BCUT2D eigenvalue weighted by molar-refractivity contribution is 9.08. The fraction of sp³-hybridized carbons (Fsp3) is 0.200. The zero-order valence-corrected chi connectivity index (χ0v) is 12.3. The van der Waals surface area contributed by atoms with Gasteiger partial charge in [-0.15, -0.1) is 0 Å². The predicted octanol–water partition coefficient (Wildman–Crippen LogP) is 4.83. The zero-order chi connectivity index (χ0) is 13.8. The van der Waals surface area contributed by atoms with Crippen molar-refractivity contribution in [1.29, 1.82) is 0 Å². The Morgan fingerprint density at radius 1 is 1.11 bits per heavy atom. The largest absolute Gasteiger partial charge is 0.493 e. The smallest absolute Gasteiger partial charge is 0.169 e. The highest BCUT2D eigenvalue weighted by atomic mass is 79.9. The average molecular weight is 325 g/mol. The van der Waals surface area contributed by atoms with Gasteiger partial charge in [-0.25, -0.2) is 4.39 Å². The van der Waals surface area contributed by atoms with E-state index in [-0.39, 0.29) is 5.82 Å². The lowest BCUT2D eigenvalue weighted by atomic mass is 10.2. The molecule has 0 aliphatic heterocycles. The second-order valence-corrected chi connectivity index (χ2v) is 4.67. The topological polar surface area (TPSA) is 18.5 Å². The molecule has 0 amide bonds. The molecule has 0 fully saturated rings. The number of methoxy groups -OCH3 is 1. The van der Waals surface area contributed by atoms with Crippen molar-refractivity contribution in [3.63, 3.8) is 0 Å². The highest BCUT2D eigenvalue weighted by Gasteiger charge is 2.11. The summed E-state index contributed by atoms with van der Waals surface area (Å²) < 4.78 is 24.7. The van der Waals surface area contributed by atoms with Crippen molar-refractivity contribution in [2.24, 2.45) is 0 Å². The van der Waals surface area contributed by atoms with Gasteiger partial charge in [-0.3, -0.25) is 0 Å². The molecular formula is C15H14BrFO2. The van der Waals surface area contributed by atoms with Crippen LogP contribution in [-0.2, 0) is 5.33 Å². The van der Waals surface area contributed by atoms with Crippen LogP contribution in [0.5, 0.6) is 17.2 Å². The maximum atomic E-state index is 13.7. The molecule has 0 saturated carbocycles. The van der Waals surface area contributed by atoms with E-state index in [9.17, 15) is 4.39 Å². The molecule has 2 aromatic carbocycles. The number of aryl methyl sites for hydroxylation is 1. The summed E-state index contributed by atoms with van der Waals surface area (Å²) in [6, 6.07) is 10.4. The monoisotopic (exact) mass is 324 g/mol. The summed E-state index contributed by atoms with van der Waals surface area (Å²) in [7, 11) is 1.58. The second-order valence-electron chi connectivity index (χ2n) is 4.11. The number of hydrogen-bond donors (Lipinski definition) is 0. The number of hydrogen-bond acceptors (Lipinski definition) is 2. The molecule has 0 spiro atoms. The third-order valence-corrected chi connectivity index (χ3v) is 3.31. The van der Waals surface area contributed by atoms with E-state index >= 15 is 0 Å². The first-order valence-corrected chi connectivity index (χ1v) is 6.93. The van der Waals surface area contributed by atoms with E-state index < -0.39 is 0 Å². The van der Waals surface area contributed by atoms with E-state index in [1.165, 1.54) is 6.07 Å². The van der Waals surface area contributed by atoms with Crippen molar-refractivity contribution in [3.8, 4) is 17.2 Å². The Morgan fingerprint density at radius 3 is 2.58 bits per heavy atom. The lowest BCUT2D eigenvalue weighted by Crippen LogP contribution is -1.95. The minimum absolute atomic E-state index is 0.291. The minimum atomic E-state index is -0.291. The van der Waals surface area contributed by atoms with E-state index in [4.69, 9.17) is 9.47 Å². The van der Waals surface area contributed by atoms with Crippen LogP contribution in [0.4, 0.5) is 4.39 Å². The lowest BCUT2D eigenvalue weighted by molar-refractivity contribution is 0.376. The summed E-state index contributed by atoms with van der Waals surface area (Å²) in [4.78, 5) is 0. The zero-order valence-electron chi connectivity index (χ0n) is 10.7. The molecule has 0 N–H and O–H groups in total. The number of alkyl halides is 1. The fourth-order valence-corrected chi connectivity index (χ4v) is 2.29. The van der Waals surface area contributed by atoms with Crippen LogP contribution in [0.2, 0.25) is 0 Å². The molecule has 0 atom stereocenters. The molecule has 0 aliphatic rings. The van der Waals surface area contributed by atoms with Gasteiger partial charge in [0.1, 0.15) is 11.6 Å². The summed E-state index contributed by atoms with van der Waals surface area (Å²) in [6.45, 7) is 1.97. The average Bonchev–Trinajstić information content (AvgIpc) is 2.41. The van der Waals surface area contributed by atoms with Crippen LogP contribution in [0.25, 0.3) is 0 Å². The minimum Gasteiger partial charge on any atom is -0.493 e. The van der Waals surface area contributed by atoms with Gasteiger partial charge in [0.2, 0.25) is 0 Å². The summed E-state index contributed by atoms with van der Waals surface area (Å²) in [5.41, 5.74) is 1.56. The molecule has 0 radical (unpaired) electrons. The lowest BCUT2D eigenvalue weighted by Gasteiger charge is -2.13. The van der Waals surface area contributed by atoms with Crippen LogP contribution in [0.1, 0.15) is 11.1 Å². The second kappa shape index (κ2) is 6.06. The third-order valence-electron chi connectivity index (χ3n) is 2.75. The summed E-state index contributed by atoms with van der Waals surface area (Å²) in [5.74, 6) is 1.39. The first-order chi connectivity index (χ1) is 9.15. The molecular weight excluding hydrogens is 311 g/mol. The van der Waals surface area contributed by atoms with E-state index in [0.29, 0.717) is 28.1 Å². The maximum absolute atomic E-state index is 13.7. The molecule has 0 bridgehead atoms. The highest BCUT2D eigenvalue weighted by Crippen LogP contribution is 2.35. The Labute approximate surface area is 120 Å². The van der Waals surface area contributed by atoms with E-state index in [1.54, 1.807) is 19.2 Å². The first kappa shape index (κ1) is 13.9. The van der Waals surface area contributed by atoms with Crippen LogP contribution in [0.15, 0.2) is 36.4 Å². The molecule has 0 aromatic heterocycles. The quantitative estimate of drug-likeness (QED) is 0.750. The molecule has 0 aliphatic carbocycles. The van der Waals surface area contributed by atoms with Gasteiger partial charge in [-0.2, -0.15) is 0 Å². The molecule has 0 saturated heterocycles. The van der Waals surface area contributed by atoms with Gasteiger partial charge in [0.25, 0.3) is 0 Å². The number of rotatable bonds is 4. The van der Waals surface area contributed by atoms with Crippen molar-refractivity contribution in [1.82, 2.24) is 0 Å². The standard InChI is InChI=1S/C15H14BrFO2/c1-10-6-7-14(15(8-10)18-2)19-13-5-3-4-12(17)11(13)9-16/h3-8H,9H2,1-2H3. The van der Waals surface area contributed by atoms with Crippen LogP contribution < -0.4 is 9.47 Å². The Kier molecular flexibility index (Phi) is 4.43. The van der Waals surface area contributed by atoms with Gasteiger partial charge in [-0.05, 0) is 36.8 Å². The van der Waals surface area contributed by atoms with Gasteiger partial charge in [-0.1, -0.05) is 28.1 Å². The van der Waals surface area contributed by atoms with Crippen molar-refractivity contribution < 1.29 is 13.9 Å².